The van der Waals surface area contributed by atoms with Crippen molar-refractivity contribution in [3.63, 3.8) is 0 Å². The zero-order valence-electron chi connectivity index (χ0n) is 10.3. The molecule has 6 heteroatoms. The summed E-state index contributed by atoms with van der Waals surface area (Å²) < 4.78 is 38.0. The van der Waals surface area contributed by atoms with Gasteiger partial charge in [0.2, 0.25) is 0 Å². The van der Waals surface area contributed by atoms with Gasteiger partial charge in [0, 0.05) is 18.3 Å². The summed E-state index contributed by atoms with van der Waals surface area (Å²) in [5.74, 6) is 0.458. The van der Waals surface area contributed by atoms with Crippen molar-refractivity contribution in [2.45, 2.75) is 49.9 Å². The minimum atomic E-state index is -4.07. The SMILES string of the molecule is O[C@]1(CN[C@@H]2CCC[C@@H](C(F)(F)F)C2)CCSC1. The van der Waals surface area contributed by atoms with E-state index in [0.717, 1.165) is 18.6 Å². The predicted octanol–water partition coefficient (Wildman–Crippen LogP) is 2.57. The minimum Gasteiger partial charge on any atom is -0.388 e. The first-order valence-corrected chi connectivity index (χ1v) is 7.65. The van der Waals surface area contributed by atoms with Gasteiger partial charge in [-0.3, -0.25) is 0 Å². The molecule has 1 heterocycles. The van der Waals surface area contributed by atoms with E-state index in [-0.39, 0.29) is 18.9 Å². The van der Waals surface area contributed by atoms with Crippen molar-refractivity contribution in [3.8, 4) is 0 Å². The van der Waals surface area contributed by atoms with E-state index in [2.05, 4.69) is 5.32 Å². The van der Waals surface area contributed by atoms with Crippen LogP contribution in [0.3, 0.4) is 0 Å². The molecule has 0 unspecified atom stereocenters. The molecule has 1 aliphatic carbocycles. The van der Waals surface area contributed by atoms with Crippen LogP contribution in [0.4, 0.5) is 13.2 Å². The van der Waals surface area contributed by atoms with E-state index in [9.17, 15) is 18.3 Å². The fourth-order valence-electron chi connectivity index (χ4n) is 2.74. The third kappa shape index (κ3) is 3.78. The summed E-state index contributed by atoms with van der Waals surface area (Å²) >= 11 is 1.70. The van der Waals surface area contributed by atoms with Gasteiger partial charge in [-0.15, -0.1) is 0 Å². The van der Waals surface area contributed by atoms with Crippen molar-refractivity contribution in [1.82, 2.24) is 5.32 Å². The molecule has 1 aliphatic heterocycles. The van der Waals surface area contributed by atoms with Gasteiger partial charge in [0.25, 0.3) is 0 Å². The van der Waals surface area contributed by atoms with Crippen molar-refractivity contribution >= 4 is 11.8 Å². The Morgan fingerprint density at radius 1 is 1.33 bits per heavy atom. The number of alkyl halides is 3. The van der Waals surface area contributed by atoms with E-state index < -0.39 is 17.7 Å². The maximum absolute atomic E-state index is 12.7. The van der Waals surface area contributed by atoms with Crippen LogP contribution < -0.4 is 5.32 Å². The van der Waals surface area contributed by atoms with Crippen LogP contribution >= 0.6 is 11.8 Å². The van der Waals surface area contributed by atoms with Crippen LogP contribution in [0.15, 0.2) is 0 Å². The van der Waals surface area contributed by atoms with Crippen molar-refractivity contribution in [2.24, 2.45) is 5.92 Å². The molecule has 106 valence electrons. The highest BCUT2D eigenvalue weighted by Crippen LogP contribution is 2.37. The quantitative estimate of drug-likeness (QED) is 0.835. The lowest BCUT2D eigenvalue weighted by molar-refractivity contribution is -0.183. The molecule has 2 fully saturated rings. The number of aliphatic hydroxyl groups is 1. The average Bonchev–Trinajstić information content (AvgIpc) is 2.74. The highest BCUT2D eigenvalue weighted by molar-refractivity contribution is 7.99. The van der Waals surface area contributed by atoms with Gasteiger partial charge in [-0.25, -0.2) is 0 Å². The molecule has 0 amide bonds. The average molecular weight is 283 g/mol. The van der Waals surface area contributed by atoms with Crippen LogP contribution in [0.1, 0.15) is 32.1 Å². The van der Waals surface area contributed by atoms with Crippen LogP contribution in [0.5, 0.6) is 0 Å². The lowest BCUT2D eigenvalue weighted by atomic mass is 9.85. The first-order valence-electron chi connectivity index (χ1n) is 6.49. The summed E-state index contributed by atoms with van der Waals surface area (Å²) in [4.78, 5) is 0. The second-order valence-corrected chi connectivity index (χ2v) is 6.62. The van der Waals surface area contributed by atoms with Crippen molar-refractivity contribution in [1.29, 1.82) is 0 Å². The molecule has 2 nitrogen and oxygen atoms in total. The lowest BCUT2D eigenvalue weighted by Crippen LogP contribution is -2.47. The normalized spacial score (nSPS) is 38.0. The van der Waals surface area contributed by atoms with Gasteiger partial charge in [-0.1, -0.05) is 6.42 Å². The molecule has 1 saturated carbocycles. The predicted molar refractivity (Wildman–Crippen MR) is 66.7 cm³/mol. The molecule has 3 atom stereocenters. The second-order valence-electron chi connectivity index (χ2n) is 5.51. The summed E-state index contributed by atoms with van der Waals surface area (Å²) in [5, 5.41) is 13.3. The van der Waals surface area contributed by atoms with E-state index in [1.165, 1.54) is 0 Å². The fourth-order valence-corrected chi connectivity index (χ4v) is 4.04. The van der Waals surface area contributed by atoms with Crippen molar-refractivity contribution in [2.75, 3.05) is 18.1 Å². The van der Waals surface area contributed by atoms with Gasteiger partial charge in [-0.2, -0.15) is 24.9 Å². The monoisotopic (exact) mass is 283 g/mol. The Balaban J connectivity index is 1.79. The maximum Gasteiger partial charge on any atom is 0.391 e. The zero-order chi connectivity index (χ0) is 13.2. The highest BCUT2D eigenvalue weighted by Gasteiger charge is 2.42. The Morgan fingerprint density at radius 3 is 2.72 bits per heavy atom. The molecule has 2 N–H and O–H groups in total. The number of hydrogen-bond donors (Lipinski definition) is 2. The highest BCUT2D eigenvalue weighted by atomic mass is 32.2. The molecule has 0 radical (unpaired) electrons. The smallest absolute Gasteiger partial charge is 0.388 e. The number of hydrogen-bond acceptors (Lipinski definition) is 3. The van der Waals surface area contributed by atoms with Gasteiger partial charge >= 0.3 is 6.18 Å². The van der Waals surface area contributed by atoms with Crippen LogP contribution in [0.2, 0.25) is 0 Å². The Bertz CT molecular complexity index is 279. The topological polar surface area (TPSA) is 32.3 Å². The van der Waals surface area contributed by atoms with E-state index in [0.29, 0.717) is 18.7 Å². The van der Waals surface area contributed by atoms with Gasteiger partial charge in [0.15, 0.2) is 0 Å². The second kappa shape index (κ2) is 5.59. The maximum atomic E-state index is 12.7. The molecule has 1 saturated heterocycles. The molecule has 2 rings (SSSR count). The van der Waals surface area contributed by atoms with E-state index >= 15 is 0 Å². The van der Waals surface area contributed by atoms with Gasteiger partial charge < -0.3 is 10.4 Å². The standard InChI is InChI=1S/C12H20F3NOS/c13-12(14,15)9-2-1-3-10(6-9)16-7-11(17)4-5-18-8-11/h9-10,16-17H,1-8H2/t9-,10-,11+/m1/s1. The van der Waals surface area contributed by atoms with Gasteiger partial charge in [0.05, 0.1) is 11.5 Å². The van der Waals surface area contributed by atoms with Crippen LogP contribution in [-0.4, -0.2) is 41.0 Å². The first kappa shape index (κ1) is 14.5. The van der Waals surface area contributed by atoms with E-state index in [4.69, 9.17) is 0 Å². The molecule has 2 aliphatic rings. The van der Waals surface area contributed by atoms with Crippen LogP contribution in [-0.2, 0) is 0 Å². The number of rotatable bonds is 3. The Morgan fingerprint density at radius 2 is 2.11 bits per heavy atom. The summed E-state index contributed by atoms with van der Waals surface area (Å²) in [6, 6.07) is -0.0972. The summed E-state index contributed by atoms with van der Waals surface area (Å²) in [6.07, 6.45) is -1.51. The number of thioether (sulfide) groups is 1. The number of nitrogens with one attached hydrogen (secondary N) is 1. The molecule has 0 aromatic carbocycles. The molecule has 0 aromatic heterocycles. The minimum absolute atomic E-state index is 0.0972. The van der Waals surface area contributed by atoms with Gasteiger partial charge in [0.1, 0.15) is 0 Å². The van der Waals surface area contributed by atoms with Crippen LogP contribution in [0.25, 0.3) is 0 Å². The summed E-state index contributed by atoms with van der Waals surface area (Å²) in [6.45, 7) is 0.426. The van der Waals surface area contributed by atoms with Crippen molar-refractivity contribution < 1.29 is 18.3 Å². The summed E-state index contributed by atoms with van der Waals surface area (Å²) in [7, 11) is 0. The lowest BCUT2D eigenvalue weighted by Gasteiger charge is -2.33. The molecular formula is C12H20F3NOS. The van der Waals surface area contributed by atoms with Crippen LogP contribution in [0, 0.1) is 5.92 Å². The first-order chi connectivity index (χ1) is 8.39. The molecular weight excluding hydrogens is 263 g/mol. The molecule has 18 heavy (non-hydrogen) atoms. The number of halogens is 3. The summed E-state index contributed by atoms with van der Waals surface area (Å²) in [5.41, 5.74) is -0.712. The largest absolute Gasteiger partial charge is 0.391 e. The van der Waals surface area contributed by atoms with E-state index in [1.807, 2.05) is 0 Å². The molecule has 0 spiro atoms. The van der Waals surface area contributed by atoms with Gasteiger partial charge in [-0.05, 0) is 31.4 Å². The third-order valence-corrected chi connectivity index (χ3v) is 5.17. The molecule has 0 bridgehead atoms. The zero-order valence-corrected chi connectivity index (χ0v) is 11.1. The van der Waals surface area contributed by atoms with Crippen molar-refractivity contribution in [3.05, 3.63) is 0 Å². The Kier molecular flexibility index (Phi) is 4.49. The van der Waals surface area contributed by atoms with E-state index in [1.54, 1.807) is 11.8 Å². The Labute approximate surface area is 110 Å². The molecule has 0 aromatic rings. The fraction of sp³-hybridized carbons (Fsp3) is 1.00. The third-order valence-electron chi connectivity index (χ3n) is 3.94. The Hall–Kier alpha value is 0.0600.